The zero-order chi connectivity index (χ0) is 20.3. The molecule has 0 radical (unpaired) electrons. The number of methoxy groups -OCH3 is 1. The molecule has 28 heavy (non-hydrogen) atoms. The fraction of sp³-hybridized carbons (Fsp3) is 0.318. The van der Waals surface area contributed by atoms with Crippen LogP contribution in [0.4, 0.5) is 0 Å². The van der Waals surface area contributed by atoms with Gasteiger partial charge in [0, 0.05) is 24.0 Å². The van der Waals surface area contributed by atoms with Crippen molar-refractivity contribution >= 4 is 11.9 Å². The summed E-state index contributed by atoms with van der Waals surface area (Å²) in [5.41, 5.74) is 5.41. The Labute approximate surface area is 165 Å². The predicted molar refractivity (Wildman–Crippen MR) is 110 cm³/mol. The molecule has 0 aliphatic heterocycles. The molecule has 2 heterocycles. The Kier molecular flexibility index (Phi) is 5.78. The molecule has 6 nitrogen and oxygen atoms in total. The molecule has 6 heteroatoms. The molecule has 0 aliphatic carbocycles. The van der Waals surface area contributed by atoms with Crippen LogP contribution in [0.2, 0.25) is 0 Å². The molecule has 0 saturated heterocycles. The molecule has 0 spiro atoms. The number of ether oxygens (including phenoxy) is 1. The normalized spacial score (nSPS) is 11.3. The Morgan fingerprint density at radius 1 is 1.18 bits per heavy atom. The molecule has 0 fully saturated rings. The summed E-state index contributed by atoms with van der Waals surface area (Å²) in [5, 5.41) is 8.86. The molecule has 0 saturated carbocycles. The van der Waals surface area contributed by atoms with Crippen molar-refractivity contribution in [3.63, 3.8) is 0 Å². The Balaban J connectivity index is 1.84. The molecular formula is C22H26N4O2. The van der Waals surface area contributed by atoms with E-state index in [0.29, 0.717) is 12.1 Å². The van der Waals surface area contributed by atoms with Crippen molar-refractivity contribution in [3.05, 3.63) is 70.3 Å². The zero-order valence-electron chi connectivity index (χ0n) is 17.1. The summed E-state index contributed by atoms with van der Waals surface area (Å²) < 4.78 is 9.23. The van der Waals surface area contributed by atoms with Gasteiger partial charge in [-0.25, -0.2) is 0 Å². The summed E-state index contributed by atoms with van der Waals surface area (Å²) in [4.78, 5) is 12.5. The molecule has 0 atom stereocenters. The van der Waals surface area contributed by atoms with Crippen LogP contribution in [0.15, 0.2) is 36.5 Å². The van der Waals surface area contributed by atoms with Crippen molar-refractivity contribution in [1.29, 1.82) is 0 Å². The van der Waals surface area contributed by atoms with Gasteiger partial charge in [0.25, 0.3) is 0 Å². The summed E-state index contributed by atoms with van der Waals surface area (Å²) >= 11 is 0. The Bertz CT molecular complexity index is 1030. The first-order chi connectivity index (χ1) is 13.4. The molecule has 2 aromatic heterocycles. The molecule has 3 rings (SSSR count). The molecule has 0 bridgehead atoms. The third kappa shape index (κ3) is 4.22. The Hall–Kier alpha value is -3.15. The van der Waals surface area contributed by atoms with Gasteiger partial charge in [-0.1, -0.05) is 12.1 Å². The number of carbonyl (C=O) groups is 1. The van der Waals surface area contributed by atoms with Crippen LogP contribution in [-0.4, -0.2) is 32.5 Å². The summed E-state index contributed by atoms with van der Waals surface area (Å²) in [7, 11) is 1.66. The van der Waals surface area contributed by atoms with Gasteiger partial charge < -0.3 is 4.74 Å². The average Bonchev–Trinajstić information content (AvgIpc) is 3.21. The number of carbonyl (C=O) groups excluding carboxylic acids is 1. The quantitative estimate of drug-likeness (QED) is 0.461. The molecule has 0 amide bonds. The number of nitrogens with zero attached hydrogens (tertiary/aromatic N) is 4. The highest BCUT2D eigenvalue weighted by atomic mass is 16.5. The molecule has 3 aromatic rings. The minimum atomic E-state index is -0.0480. The van der Waals surface area contributed by atoms with E-state index in [1.165, 1.54) is 0 Å². The predicted octanol–water partition coefficient (Wildman–Crippen LogP) is 3.98. The maximum atomic E-state index is 12.5. The van der Waals surface area contributed by atoms with E-state index < -0.39 is 0 Å². The van der Waals surface area contributed by atoms with Crippen LogP contribution in [0.25, 0.3) is 6.08 Å². The standard InChI is InChI=1S/C22H26N4O2/c1-6-25-14-20(17(4)24-25)21(27)9-7-18-8-10-22(28-5)19(12-18)13-26-16(3)11-15(2)23-26/h7-12,14H,6,13H2,1-5H3/b9-7+. The van der Waals surface area contributed by atoms with E-state index in [2.05, 4.69) is 10.2 Å². The van der Waals surface area contributed by atoms with Crippen LogP contribution in [0, 0.1) is 20.8 Å². The fourth-order valence-corrected chi connectivity index (χ4v) is 3.21. The highest BCUT2D eigenvalue weighted by Gasteiger charge is 2.11. The van der Waals surface area contributed by atoms with Gasteiger partial charge >= 0.3 is 0 Å². The Morgan fingerprint density at radius 2 is 1.96 bits per heavy atom. The van der Waals surface area contributed by atoms with Crippen LogP contribution < -0.4 is 4.74 Å². The number of rotatable bonds is 7. The maximum Gasteiger partial charge on any atom is 0.189 e. The van der Waals surface area contributed by atoms with Gasteiger partial charge in [-0.15, -0.1) is 0 Å². The number of aryl methyl sites for hydroxylation is 4. The number of aromatic nitrogens is 4. The number of ketones is 1. The number of benzene rings is 1. The van der Waals surface area contributed by atoms with Gasteiger partial charge in [0.15, 0.2) is 5.78 Å². The largest absolute Gasteiger partial charge is 0.496 e. The van der Waals surface area contributed by atoms with E-state index in [1.807, 2.05) is 62.7 Å². The molecule has 146 valence electrons. The molecule has 1 aromatic carbocycles. The first kappa shape index (κ1) is 19.6. The second-order valence-electron chi connectivity index (χ2n) is 6.84. The minimum absolute atomic E-state index is 0.0480. The minimum Gasteiger partial charge on any atom is -0.496 e. The van der Waals surface area contributed by atoms with Crippen molar-refractivity contribution in [1.82, 2.24) is 19.6 Å². The van der Waals surface area contributed by atoms with Crippen molar-refractivity contribution in [3.8, 4) is 5.75 Å². The van der Waals surface area contributed by atoms with Crippen molar-refractivity contribution in [2.75, 3.05) is 7.11 Å². The van der Waals surface area contributed by atoms with Crippen molar-refractivity contribution < 1.29 is 9.53 Å². The van der Waals surface area contributed by atoms with Crippen LogP contribution >= 0.6 is 0 Å². The first-order valence-corrected chi connectivity index (χ1v) is 9.35. The number of allylic oxidation sites excluding steroid dienone is 1. The highest BCUT2D eigenvalue weighted by molar-refractivity contribution is 6.07. The van der Waals surface area contributed by atoms with Gasteiger partial charge in [0.1, 0.15) is 5.75 Å². The molecule has 0 unspecified atom stereocenters. The fourth-order valence-electron chi connectivity index (χ4n) is 3.21. The number of hydrogen-bond donors (Lipinski definition) is 0. The topological polar surface area (TPSA) is 61.9 Å². The summed E-state index contributed by atoms with van der Waals surface area (Å²) in [6, 6.07) is 7.94. The van der Waals surface area contributed by atoms with Gasteiger partial charge in [-0.05, 0) is 57.5 Å². The molecular weight excluding hydrogens is 352 g/mol. The lowest BCUT2D eigenvalue weighted by Gasteiger charge is -2.11. The average molecular weight is 378 g/mol. The monoisotopic (exact) mass is 378 g/mol. The van der Waals surface area contributed by atoms with E-state index >= 15 is 0 Å². The smallest absolute Gasteiger partial charge is 0.189 e. The van der Waals surface area contributed by atoms with E-state index in [1.54, 1.807) is 24.1 Å². The zero-order valence-corrected chi connectivity index (χ0v) is 17.1. The summed E-state index contributed by atoms with van der Waals surface area (Å²) in [5.74, 6) is 0.754. The van der Waals surface area contributed by atoms with Crippen LogP contribution in [-0.2, 0) is 13.1 Å². The van der Waals surface area contributed by atoms with Crippen LogP contribution in [0.3, 0.4) is 0 Å². The summed E-state index contributed by atoms with van der Waals surface area (Å²) in [6.45, 7) is 9.22. The van der Waals surface area contributed by atoms with Gasteiger partial charge in [-0.2, -0.15) is 10.2 Å². The van der Waals surface area contributed by atoms with Crippen molar-refractivity contribution in [2.24, 2.45) is 0 Å². The summed E-state index contributed by atoms with van der Waals surface area (Å²) in [6.07, 6.45) is 5.22. The van der Waals surface area contributed by atoms with E-state index in [-0.39, 0.29) is 5.78 Å². The maximum absolute atomic E-state index is 12.5. The van der Waals surface area contributed by atoms with E-state index in [0.717, 1.165) is 40.5 Å². The molecule has 0 aliphatic rings. The van der Waals surface area contributed by atoms with Gasteiger partial charge in [0.2, 0.25) is 0 Å². The van der Waals surface area contributed by atoms with Crippen LogP contribution in [0.5, 0.6) is 5.75 Å². The van der Waals surface area contributed by atoms with Gasteiger partial charge in [0.05, 0.1) is 30.6 Å². The van der Waals surface area contributed by atoms with Crippen LogP contribution in [0.1, 0.15) is 45.5 Å². The Morgan fingerprint density at radius 3 is 2.57 bits per heavy atom. The lowest BCUT2D eigenvalue weighted by atomic mass is 10.1. The third-order valence-electron chi connectivity index (χ3n) is 4.69. The SMILES string of the molecule is CCn1cc(C(=O)/C=C/c2ccc(OC)c(Cn3nc(C)cc3C)c2)c(C)n1. The van der Waals surface area contributed by atoms with Gasteiger partial charge in [-0.3, -0.25) is 14.2 Å². The first-order valence-electron chi connectivity index (χ1n) is 9.35. The lowest BCUT2D eigenvalue weighted by molar-refractivity contribution is 0.104. The second kappa shape index (κ2) is 8.25. The lowest BCUT2D eigenvalue weighted by Crippen LogP contribution is -2.05. The van der Waals surface area contributed by atoms with Crippen molar-refractivity contribution in [2.45, 2.75) is 40.8 Å². The van der Waals surface area contributed by atoms with E-state index in [4.69, 9.17) is 4.74 Å². The highest BCUT2D eigenvalue weighted by Crippen LogP contribution is 2.22. The third-order valence-corrected chi connectivity index (χ3v) is 4.69. The molecule has 0 N–H and O–H groups in total. The van der Waals surface area contributed by atoms with E-state index in [9.17, 15) is 4.79 Å². The number of hydrogen-bond acceptors (Lipinski definition) is 4. The second-order valence-corrected chi connectivity index (χ2v) is 6.84.